The maximum absolute atomic E-state index is 12.5. The Balaban J connectivity index is 1.81. The van der Waals surface area contributed by atoms with Crippen LogP contribution in [0, 0.1) is 0 Å². The average Bonchev–Trinajstić information content (AvgIpc) is 2.53. The lowest BCUT2D eigenvalue weighted by Crippen LogP contribution is -2.49. The number of urea groups is 1. The third-order valence-corrected chi connectivity index (χ3v) is 3.79. The second kappa shape index (κ2) is 7.69. The number of piperidine rings is 1. The third-order valence-electron chi connectivity index (χ3n) is 3.79. The molecule has 1 saturated heterocycles. The molecule has 9 heteroatoms. The van der Waals surface area contributed by atoms with Crippen LogP contribution in [0.5, 0.6) is 0 Å². The summed E-state index contributed by atoms with van der Waals surface area (Å²) < 4.78 is 37.6. The van der Waals surface area contributed by atoms with Crippen molar-refractivity contribution < 1.29 is 23.1 Å². The van der Waals surface area contributed by atoms with E-state index in [1.807, 2.05) is 4.90 Å². The van der Waals surface area contributed by atoms with E-state index in [1.165, 1.54) is 6.07 Å². The minimum atomic E-state index is -4.39. The first-order valence-corrected chi connectivity index (χ1v) is 7.76. The summed E-state index contributed by atoms with van der Waals surface area (Å²) in [5.74, 6) is 0.500. The van der Waals surface area contributed by atoms with Crippen molar-refractivity contribution in [3.8, 4) is 0 Å². The number of anilines is 1. The molecule has 1 atom stereocenters. The number of alkyl halides is 3. The molecule has 1 aromatic rings. The van der Waals surface area contributed by atoms with Crippen LogP contribution in [0.15, 0.2) is 18.3 Å². The van der Waals surface area contributed by atoms with Gasteiger partial charge in [-0.1, -0.05) is 0 Å². The van der Waals surface area contributed by atoms with E-state index in [-0.39, 0.29) is 18.6 Å². The number of pyridine rings is 1. The van der Waals surface area contributed by atoms with Gasteiger partial charge in [0, 0.05) is 31.9 Å². The number of aliphatic hydroxyl groups is 1. The number of aromatic nitrogens is 1. The molecule has 0 saturated carbocycles. The lowest BCUT2D eigenvalue weighted by molar-refractivity contribution is -0.137. The van der Waals surface area contributed by atoms with Gasteiger partial charge >= 0.3 is 12.2 Å². The van der Waals surface area contributed by atoms with Crippen molar-refractivity contribution in [1.82, 2.24) is 15.6 Å². The Bertz CT molecular complexity index is 541. The van der Waals surface area contributed by atoms with Gasteiger partial charge in [-0.2, -0.15) is 13.2 Å². The number of hydrogen-bond acceptors (Lipinski definition) is 4. The fraction of sp³-hybridized carbons (Fsp3) is 0.600. The SMILES string of the molecule is C[C@H](O)CNC(=O)NC1CCN(c2ccc(C(F)(F)F)cn2)CC1. The van der Waals surface area contributed by atoms with E-state index in [0.717, 1.165) is 12.3 Å². The van der Waals surface area contributed by atoms with Crippen LogP contribution in [0.25, 0.3) is 0 Å². The standard InChI is InChI=1S/C15H21F3N4O2/c1-10(23)8-20-14(24)21-12-4-6-22(7-5-12)13-3-2-11(9-19-13)15(16,17)18/h2-3,9-10,12,23H,4-8H2,1H3,(H2,20,21,24)/t10-/m0/s1. The minimum absolute atomic E-state index is 0.00954. The number of carbonyl (C=O) groups is 1. The number of rotatable bonds is 4. The minimum Gasteiger partial charge on any atom is -0.392 e. The largest absolute Gasteiger partial charge is 0.417 e. The molecule has 3 N–H and O–H groups in total. The number of hydrogen-bond donors (Lipinski definition) is 3. The molecule has 1 aliphatic rings. The number of nitrogens with zero attached hydrogens (tertiary/aromatic N) is 2. The first kappa shape index (κ1) is 18.3. The summed E-state index contributed by atoms with van der Waals surface area (Å²) in [4.78, 5) is 17.4. The van der Waals surface area contributed by atoms with Crippen molar-refractivity contribution in [2.24, 2.45) is 0 Å². The van der Waals surface area contributed by atoms with Gasteiger partial charge in [-0.05, 0) is 31.9 Å². The molecule has 0 aliphatic carbocycles. The van der Waals surface area contributed by atoms with Crippen LogP contribution in [-0.2, 0) is 6.18 Å². The number of halogens is 3. The molecule has 2 amide bonds. The molecule has 0 spiro atoms. The maximum atomic E-state index is 12.5. The lowest BCUT2D eigenvalue weighted by Gasteiger charge is -2.33. The van der Waals surface area contributed by atoms with Crippen molar-refractivity contribution in [3.63, 3.8) is 0 Å². The molecule has 1 aliphatic heterocycles. The van der Waals surface area contributed by atoms with E-state index < -0.39 is 17.8 Å². The van der Waals surface area contributed by atoms with E-state index >= 15 is 0 Å². The van der Waals surface area contributed by atoms with E-state index in [2.05, 4.69) is 15.6 Å². The lowest BCUT2D eigenvalue weighted by atomic mass is 10.1. The summed E-state index contributed by atoms with van der Waals surface area (Å²) in [6.45, 7) is 2.95. The zero-order valence-electron chi connectivity index (χ0n) is 13.3. The second-order valence-corrected chi connectivity index (χ2v) is 5.87. The zero-order valence-corrected chi connectivity index (χ0v) is 13.3. The van der Waals surface area contributed by atoms with Gasteiger partial charge in [0.15, 0.2) is 0 Å². The van der Waals surface area contributed by atoms with Gasteiger partial charge in [-0.3, -0.25) is 0 Å². The van der Waals surface area contributed by atoms with Gasteiger partial charge in [0.25, 0.3) is 0 Å². The Morgan fingerprint density at radius 1 is 1.42 bits per heavy atom. The monoisotopic (exact) mass is 346 g/mol. The number of amides is 2. The molecular formula is C15H21F3N4O2. The predicted octanol–water partition coefficient (Wildman–Crippen LogP) is 1.75. The maximum Gasteiger partial charge on any atom is 0.417 e. The highest BCUT2D eigenvalue weighted by Crippen LogP contribution is 2.29. The van der Waals surface area contributed by atoms with Gasteiger partial charge in [0.1, 0.15) is 5.82 Å². The third kappa shape index (κ3) is 5.26. The Morgan fingerprint density at radius 2 is 2.08 bits per heavy atom. The van der Waals surface area contributed by atoms with Crippen molar-refractivity contribution in [1.29, 1.82) is 0 Å². The molecule has 0 radical (unpaired) electrons. The van der Waals surface area contributed by atoms with Crippen LogP contribution >= 0.6 is 0 Å². The molecule has 1 fully saturated rings. The second-order valence-electron chi connectivity index (χ2n) is 5.87. The summed E-state index contributed by atoms with van der Waals surface area (Å²) in [7, 11) is 0. The number of aliphatic hydroxyl groups excluding tert-OH is 1. The fourth-order valence-corrected chi connectivity index (χ4v) is 2.47. The molecule has 2 heterocycles. The van der Waals surface area contributed by atoms with Crippen LogP contribution in [-0.4, -0.2) is 47.9 Å². The van der Waals surface area contributed by atoms with Crippen molar-refractivity contribution >= 4 is 11.8 Å². The molecule has 2 rings (SSSR count). The van der Waals surface area contributed by atoms with Crippen molar-refractivity contribution in [2.45, 2.75) is 38.1 Å². The van der Waals surface area contributed by atoms with Crippen LogP contribution in [0.3, 0.4) is 0 Å². The molecule has 0 aromatic carbocycles. The molecule has 0 unspecified atom stereocenters. The Kier molecular flexibility index (Phi) is 5.87. The van der Waals surface area contributed by atoms with E-state index in [0.29, 0.717) is 31.7 Å². The van der Waals surface area contributed by atoms with Crippen molar-refractivity contribution in [3.05, 3.63) is 23.9 Å². The average molecular weight is 346 g/mol. The summed E-state index contributed by atoms with van der Waals surface area (Å²) in [5, 5.41) is 14.5. The Hall–Kier alpha value is -2.03. The molecule has 0 bridgehead atoms. The number of carbonyl (C=O) groups excluding carboxylic acids is 1. The highest BCUT2D eigenvalue weighted by Gasteiger charge is 2.31. The molecule has 24 heavy (non-hydrogen) atoms. The van der Waals surface area contributed by atoms with Gasteiger partial charge in [-0.25, -0.2) is 9.78 Å². The van der Waals surface area contributed by atoms with Gasteiger partial charge < -0.3 is 20.6 Å². The van der Waals surface area contributed by atoms with Gasteiger partial charge in [-0.15, -0.1) is 0 Å². The molecule has 134 valence electrons. The molecule has 6 nitrogen and oxygen atoms in total. The highest BCUT2D eigenvalue weighted by atomic mass is 19.4. The van der Waals surface area contributed by atoms with Crippen LogP contribution in [0.1, 0.15) is 25.3 Å². The quantitative estimate of drug-likeness (QED) is 0.776. The summed E-state index contributed by atoms with van der Waals surface area (Å²) in [6, 6.07) is 2.05. The predicted molar refractivity (Wildman–Crippen MR) is 82.7 cm³/mol. The first-order valence-electron chi connectivity index (χ1n) is 7.76. The first-order chi connectivity index (χ1) is 11.3. The van der Waals surface area contributed by atoms with Crippen molar-refractivity contribution in [2.75, 3.05) is 24.5 Å². The van der Waals surface area contributed by atoms with Gasteiger partial charge in [0.2, 0.25) is 0 Å². The normalized spacial score (nSPS) is 17.5. The van der Waals surface area contributed by atoms with E-state index in [1.54, 1.807) is 6.92 Å². The summed E-state index contributed by atoms with van der Waals surface area (Å²) >= 11 is 0. The van der Waals surface area contributed by atoms with Crippen LogP contribution in [0.4, 0.5) is 23.8 Å². The van der Waals surface area contributed by atoms with E-state index in [4.69, 9.17) is 5.11 Å². The zero-order chi connectivity index (χ0) is 17.7. The summed E-state index contributed by atoms with van der Waals surface area (Å²) in [5.41, 5.74) is -0.766. The van der Waals surface area contributed by atoms with Gasteiger partial charge in [0.05, 0.1) is 11.7 Å². The molecular weight excluding hydrogens is 325 g/mol. The van der Waals surface area contributed by atoms with Crippen LogP contribution in [0.2, 0.25) is 0 Å². The number of nitrogens with one attached hydrogen (secondary N) is 2. The van der Waals surface area contributed by atoms with Crippen LogP contribution < -0.4 is 15.5 Å². The smallest absolute Gasteiger partial charge is 0.392 e. The topological polar surface area (TPSA) is 77.5 Å². The van der Waals surface area contributed by atoms with E-state index in [9.17, 15) is 18.0 Å². The highest BCUT2D eigenvalue weighted by molar-refractivity contribution is 5.74. The Morgan fingerprint density at radius 3 is 2.58 bits per heavy atom. The molecule has 1 aromatic heterocycles. The summed E-state index contributed by atoms with van der Waals surface area (Å²) in [6.07, 6.45) is -2.82. The fourth-order valence-electron chi connectivity index (χ4n) is 2.47. The Labute approximate surface area is 138 Å².